The first-order valence-corrected chi connectivity index (χ1v) is 9.97. The van der Waals surface area contributed by atoms with Crippen LogP contribution in [0.15, 0.2) is 52.9 Å². The van der Waals surface area contributed by atoms with Gasteiger partial charge in [-0.1, -0.05) is 13.0 Å². The molecule has 26 heavy (non-hydrogen) atoms. The lowest BCUT2D eigenvalue weighted by atomic mass is 10.3. The Morgan fingerprint density at radius 2 is 1.81 bits per heavy atom. The molecule has 0 spiro atoms. The molecule has 2 heterocycles. The molecule has 136 valence electrons. The first kappa shape index (κ1) is 18.3. The summed E-state index contributed by atoms with van der Waals surface area (Å²) in [5.74, 6) is -1.32. The topological polar surface area (TPSA) is 71.1 Å². The van der Waals surface area contributed by atoms with Crippen LogP contribution in [0.2, 0.25) is 0 Å². The van der Waals surface area contributed by atoms with Crippen LogP contribution in [-0.4, -0.2) is 13.4 Å². The molecule has 2 N–H and O–H groups in total. The van der Waals surface area contributed by atoms with Gasteiger partial charge < -0.3 is 5.32 Å². The molecule has 9 heteroatoms. The molecule has 0 aliphatic heterocycles. The summed E-state index contributed by atoms with van der Waals surface area (Å²) in [5.41, 5.74) is -0.0741. The van der Waals surface area contributed by atoms with Crippen LogP contribution < -0.4 is 10.0 Å². The lowest BCUT2D eigenvalue weighted by molar-refractivity contribution is 0.590. The number of hydrogen-bond donors (Lipinski definition) is 2. The number of nitrogens with zero attached hydrogens (tertiary/aromatic N) is 1. The number of nitrogens with one attached hydrogen (secondary N) is 2. The molecule has 0 amide bonds. The molecule has 0 radical (unpaired) electrons. The third-order valence-electron chi connectivity index (χ3n) is 3.48. The SMILES string of the molecule is CCc1ccc(S(=O)(=O)Nc2ccc(Nc3c(F)cccc3F)nc2)s1. The monoisotopic (exact) mass is 395 g/mol. The molecule has 0 fully saturated rings. The van der Waals surface area contributed by atoms with E-state index in [0.717, 1.165) is 23.4 Å². The fourth-order valence-electron chi connectivity index (χ4n) is 2.17. The quantitative estimate of drug-likeness (QED) is 0.643. The average Bonchev–Trinajstić information content (AvgIpc) is 3.10. The number of para-hydroxylation sites is 1. The van der Waals surface area contributed by atoms with Crippen LogP contribution in [0.4, 0.5) is 26.0 Å². The lowest BCUT2D eigenvalue weighted by Crippen LogP contribution is -2.11. The van der Waals surface area contributed by atoms with Crippen molar-refractivity contribution in [2.75, 3.05) is 10.0 Å². The first-order valence-electron chi connectivity index (χ1n) is 7.67. The summed E-state index contributed by atoms with van der Waals surface area (Å²) in [4.78, 5) is 4.95. The number of rotatable bonds is 6. The average molecular weight is 395 g/mol. The van der Waals surface area contributed by atoms with Gasteiger partial charge in [0.1, 0.15) is 27.3 Å². The minimum absolute atomic E-state index is 0.182. The smallest absolute Gasteiger partial charge is 0.271 e. The van der Waals surface area contributed by atoms with Crippen molar-refractivity contribution in [1.29, 1.82) is 0 Å². The highest BCUT2D eigenvalue weighted by Crippen LogP contribution is 2.26. The van der Waals surface area contributed by atoms with Crippen molar-refractivity contribution in [3.8, 4) is 0 Å². The normalized spacial score (nSPS) is 11.3. The van der Waals surface area contributed by atoms with Gasteiger partial charge in [-0.2, -0.15) is 0 Å². The van der Waals surface area contributed by atoms with Crippen molar-refractivity contribution < 1.29 is 17.2 Å². The van der Waals surface area contributed by atoms with E-state index in [4.69, 9.17) is 0 Å². The molecular weight excluding hydrogens is 380 g/mol. The van der Waals surface area contributed by atoms with Crippen molar-refractivity contribution in [2.24, 2.45) is 0 Å². The third-order valence-corrected chi connectivity index (χ3v) is 6.58. The summed E-state index contributed by atoms with van der Waals surface area (Å²) >= 11 is 1.20. The maximum atomic E-state index is 13.6. The number of sulfonamides is 1. The molecule has 3 rings (SSSR count). The van der Waals surface area contributed by atoms with Crippen molar-refractivity contribution in [2.45, 2.75) is 17.6 Å². The van der Waals surface area contributed by atoms with Crippen LogP contribution in [0, 0.1) is 11.6 Å². The summed E-state index contributed by atoms with van der Waals surface area (Å²) in [6.07, 6.45) is 2.03. The van der Waals surface area contributed by atoms with Gasteiger partial charge >= 0.3 is 0 Å². The Hall–Kier alpha value is -2.52. The predicted molar refractivity (Wildman–Crippen MR) is 98.4 cm³/mol. The highest BCUT2D eigenvalue weighted by molar-refractivity contribution is 7.94. The number of thiophene rings is 1. The summed E-state index contributed by atoms with van der Waals surface area (Å²) < 4.78 is 54.6. The van der Waals surface area contributed by atoms with Crippen molar-refractivity contribution in [3.63, 3.8) is 0 Å². The molecule has 0 saturated carbocycles. The van der Waals surface area contributed by atoms with Crippen LogP contribution in [0.5, 0.6) is 0 Å². The van der Waals surface area contributed by atoms with E-state index in [9.17, 15) is 17.2 Å². The Labute approximate surface area is 153 Å². The first-order chi connectivity index (χ1) is 12.4. The number of halogens is 2. The predicted octanol–water partition coefficient (Wildman–Crippen LogP) is 4.53. The summed E-state index contributed by atoms with van der Waals surface area (Å²) in [6, 6.07) is 9.72. The van der Waals surface area contributed by atoms with E-state index in [1.54, 1.807) is 12.1 Å². The van der Waals surface area contributed by atoms with Crippen LogP contribution in [0.1, 0.15) is 11.8 Å². The molecule has 1 aromatic carbocycles. The Morgan fingerprint density at radius 1 is 1.08 bits per heavy atom. The number of anilines is 3. The van der Waals surface area contributed by atoms with Crippen LogP contribution >= 0.6 is 11.3 Å². The molecule has 0 aliphatic carbocycles. The van der Waals surface area contributed by atoms with Gasteiger partial charge in [0.05, 0.1) is 11.9 Å². The van der Waals surface area contributed by atoms with E-state index >= 15 is 0 Å². The fourth-order valence-corrected chi connectivity index (χ4v) is 4.51. The van der Waals surface area contributed by atoms with E-state index in [1.807, 2.05) is 6.92 Å². The van der Waals surface area contributed by atoms with Gasteiger partial charge in [0.25, 0.3) is 10.0 Å². The van der Waals surface area contributed by atoms with Crippen molar-refractivity contribution in [1.82, 2.24) is 4.98 Å². The Morgan fingerprint density at radius 3 is 2.38 bits per heavy atom. The van der Waals surface area contributed by atoms with Crippen molar-refractivity contribution >= 4 is 38.6 Å². The van der Waals surface area contributed by atoms with E-state index in [2.05, 4.69) is 15.0 Å². The van der Waals surface area contributed by atoms with Gasteiger partial charge in [0.2, 0.25) is 0 Å². The number of aryl methyl sites for hydroxylation is 1. The van der Waals surface area contributed by atoms with Gasteiger partial charge in [-0.25, -0.2) is 22.2 Å². The Balaban J connectivity index is 1.75. The van der Waals surface area contributed by atoms with Gasteiger partial charge in [-0.15, -0.1) is 11.3 Å². The minimum atomic E-state index is -3.70. The molecule has 0 unspecified atom stereocenters. The van der Waals surface area contributed by atoms with E-state index in [0.29, 0.717) is 0 Å². The number of hydrogen-bond acceptors (Lipinski definition) is 5. The van der Waals surface area contributed by atoms with Gasteiger partial charge in [-0.05, 0) is 42.8 Å². The molecular formula is C17H15F2N3O2S2. The second kappa shape index (κ2) is 7.38. The molecule has 0 saturated heterocycles. The van der Waals surface area contributed by atoms with Gasteiger partial charge in [0, 0.05) is 4.88 Å². The second-order valence-corrected chi connectivity index (χ2v) is 8.41. The summed E-state index contributed by atoms with van der Waals surface area (Å²) in [7, 11) is -3.70. The molecule has 5 nitrogen and oxygen atoms in total. The maximum absolute atomic E-state index is 13.6. The zero-order chi connectivity index (χ0) is 18.7. The fraction of sp³-hybridized carbons (Fsp3) is 0.118. The molecule has 0 aliphatic rings. The zero-order valence-corrected chi connectivity index (χ0v) is 15.3. The standard InChI is InChI=1S/C17H15F2N3O2S2/c1-2-12-7-9-16(25-12)26(23,24)22-11-6-8-15(20-10-11)21-17-13(18)4-3-5-14(17)19/h3-10,22H,2H2,1H3,(H,20,21). The minimum Gasteiger partial charge on any atom is -0.335 e. The largest absolute Gasteiger partial charge is 0.335 e. The van der Waals surface area contributed by atoms with Gasteiger partial charge in [-0.3, -0.25) is 4.72 Å². The Kier molecular flexibility index (Phi) is 5.19. The number of pyridine rings is 1. The summed E-state index contributed by atoms with van der Waals surface area (Å²) in [5, 5.41) is 2.54. The van der Waals surface area contributed by atoms with Crippen molar-refractivity contribution in [3.05, 3.63) is 65.2 Å². The van der Waals surface area contributed by atoms with E-state index in [1.165, 1.54) is 35.7 Å². The van der Waals surface area contributed by atoms with Crippen LogP contribution in [-0.2, 0) is 16.4 Å². The second-order valence-electron chi connectivity index (χ2n) is 5.33. The zero-order valence-electron chi connectivity index (χ0n) is 13.7. The third kappa shape index (κ3) is 4.00. The Bertz CT molecular complexity index is 998. The summed E-state index contributed by atoms with van der Waals surface area (Å²) in [6.45, 7) is 1.95. The highest BCUT2D eigenvalue weighted by Gasteiger charge is 2.17. The van der Waals surface area contributed by atoms with Gasteiger partial charge in [0.15, 0.2) is 0 Å². The highest BCUT2D eigenvalue weighted by atomic mass is 32.2. The lowest BCUT2D eigenvalue weighted by Gasteiger charge is -2.09. The molecule has 0 atom stereocenters. The van der Waals surface area contributed by atoms with Crippen LogP contribution in [0.3, 0.4) is 0 Å². The molecule has 2 aromatic heterocycles. The maximum Gasteiger partial charge on any atom is 0.271 e. The number of aromatic nitrogens is 1. The van der Waals surface area contributed by atoms with E-state index in [-0.39, 0.29) is 21.4 Å². The molecule has 0 bridgehead atoms. The number of benzene rings is 1. The van der Waals surface area contributed by atoms with Crippen LogP contribution in [0.25, 0.3) is 0 Å². The molecule has 3 aromatic rings. The van der Waals surface area contributed by atoms with E-state index < -0.39 is 21.7 Å².